The zero-order valence-corrected chi connectivity index (χ0v) is 24.4. The Bertz CT molecular complexity index is 1310. The maximum Gasteiger partial charge on any atom is 0.410 e. The topological polar surface area (TPSA) is 147 Å². The second kappa shape index (κ2) is 10.5. The minimum Gasteiger partial charge on any atom is -0.444 e. The number of rotatable bonds is 5. The summed E-state index contributed by atoms with van der Waals surface area (Å²) in [6, 6.07) is 7.41. The average Bonchev–Trinajstić information content (AvgIpc) is 3.38. The van der Waals surface area contributed by atoms with Crippen LogP contribution in [0.5, 0.6) is 0 Å². The third-order valence-corrected chi connectivity index (χ3v) is 10.4. The van der Waals surface area contributed by atoms with Crippen LogP contribution in [0.3, 0.4) is 0 Å². The van der Waals surface area contributed by atoms with E-state index >= 15 is 0 Å². The highest BCUT2D eigenvalue weighted by Gasteiger charge is 2.55. The number of piperidine rings is 2. The van der Waals surface area contributed by atoms with Gasteiger partial charge < -0.3 is 20.3 Å². The lowest BCUT2D eigenvalue weighted by Gasteiger charge is -2.48. The number of likely N-dealkylation sites (tertiary alicyclic amines) is 1. The maximum absolute atomic E-state index is 13.2. The van der Waals surface area contributed by atoms with Crippen molar-refractivity contribution >= 4 is 27.7 Å². The smallest absolute Gasteiger partial charge is 0.410 e. The second-order valence-electron chi connectivity index (χ2n) is 12.1. The third kappa shape index (κ3) is 5.13. The van der Waals surface area contributed by atoms with Gasteiger partial charge in [-0.1, -0.05) is 6.92 Å². The molecule has 12 nitrogen and oxygen atoms in total. The summed E-state index contributed by atoms with van der Waals surface area (Å²) in [6.07, 6.45) is 1.29. The van der Waals surface area contributed by atoms with Gasteiger partial charge in [0.1, 0.15) is 11.8 Å². The molecule has 3 fully saturated rings. The quantitative estimate of drug-likeness (QED) is 0.481. The van der Waals surface area contributed by atoms with Gasteiger partial charge in [-0.15, -0.1) is 0 Å². The summed E-state index contributed by atoms with van der Waals surface area (Å²) in [5, 5.41) is 18.4. The van der Waals surface area contributed by atoms with Crippen molar-refractivity contribution < 1.29 is 22.7 Å². The van der Waals surface area contributed by atoms with Crippen LogP contribution < -0.4 is 16.1 Å². The highest BCUT2D eigenvalue weighted by molar-refractivity contribution is 7.89. The first-order valence-corrected chi connectivity index (χ1v) is 15.4. The number of nitriles is 1. The molecule has 0 spiro atoms. The van der Waals surface area contributed by atoms with Crippen LogP contribution in [0.2, 0.25) is 0 Å². The molecule has 3 saturated heterocycles. The minimum absolute atomic E-state index is 0.0667. The molecule has 2 amide bonds. The lowest BCUT2D eigenvalue weighted by atomic mass is 9.81. The van der Waals surface area contributed by atoms with E-state index in [2.05, 4.69) is 27.1 Å². The number of sulfonamides is 1. The molecule has 1 aromatic rings. The number of fused-ring (bicyclic) bond motifs is 2. The summed E-state index contributed by atoms with van der Waals surface area (Å²) in [6.45, 7) is 9.48. The summed E-state index contributed by atoms with van der Waals surface area (Å²) in [7, 11) is -3.48. The van der Waals surface area contributed by atoms with Crippen molar-refractivity contribution in [2.24, 2.45) is 5.92 Å². The van der Waals surface area contributed by atoms with Gasteiger partial charge in [-0.3, -0.25) is 4.79 Å². The lowest BCUT2D eigenvalue weighted by molar-refractivity contribution is -0.128. The predicted octanol–water partition coefficient (Wildman–Crippen LogP) is 1.96. The molecule has 3 atom stereocenters. The molecular formula is C27H39N7O5S. The second-order valence-corrected chi connectivity index (χ2v) is 14.0. The Morgan fingerprint density at radius 2 is 2.00 bits per heavy atom. The van der Waals surface area contributed by atoms with Crippen LogP contribution in [-0.4, -0.2) is 84.2 Å². The van der Waals surface area contributed by atoms with Gasteiger partial charge in [0.2, 0.25) is 15.9 Å². The van der Waals surface area contributed by atoms with E-state index in [1.54, 1.807) is 17.0 Å². The van der Waals surface area contributed by atoms with Gasteiger partial charge >= 0.3 is 6.09 Å². The molecule has 0 saturated carbocycles. The molecule has 3 unspecified atom stereocenters. The van der Waals surface area contributed by atoms with Crippen LogP contribution in [-0.2, 0) is 26.1 Å². The fourth-order valence-electron chi connectivity index (χ4n) is 6.42. The SMILES string of the molecule is CCN1Cc2cc(NC3NN(C4(CC#N)CCN(C(=O)OC(C)(C)C)CC4)C4CCNC(=O)C34)ccc2S1(=O)=O. The molecule has 3 N–H and O–H groups in total. The largest absolute Gasteiger partial charge is 0.444 e. The molecule has 0 aromatic heterocycles. The molecule has 0 aliphatic carbocycles. The highest BCUT2D eigenvalue weighted by Crippen LogP contribution is 2.41. The number of hydrogen-bond acceptors (Lipinski definition) is 9. The number of benzene rings is 1. The molecule has 13 heteroatoms. The van der Waals surface area contributed by atoms with Crippen LogP contribution in [0.1, 0.15) is 58.9 Å². The van der Waals surface area contributed by atoms with Gasteiger partial charge in [-0.2, -0.15) is 9.57 Å². The Balaban J connectivity index is 1.37. The zero-order valence-electron chi connectivity index (χ0n) is 23.6. The van der Waals surface area contributed by atoms with E-state index in [-0.39, 0.29) is 24.5 Å². The molecule has 0 radical (unpaired) electrons. The Labute approximate surface area is 236 Å². The number of carbonyl (C=O) groups is 2. The Morgan fingerprint density at radius 3 is 2.65 bits per heavy atom. The van der Waals surface area contributed by atoms with E-state index in [0.29, 0.717) is 50.5 Å². The van der Waals surface area contributed by atoms with E-state index in [1.165, 1.54) is 4.31 Å². The van der Waals surface area contributed by atoms with Crippen molar-refractivity contribution in [2.75, 3.05) is 31.5 Å². The predicted molar refractivity (Wildman–Crippen MR) is 147 cm³/mol. The van der Waals surface area contributed by atoms with Crippen LogP contribution in [0.4, 0.5) is 10.5 Å². The fraction of sp³-hybridized carbons (Fsp3) is 0.667. The minimum atomic E-state index is -3.48. The van der Waals surface area contributed by atoms with E-state index in [9.17, 15) is 23.3 Å². The molecule has 218 valence electrons. The average molecular weight is 574 g/mol. The number of amides is 2. The maximum atomic E-state index is 13.2. The van der Waals surface area contributed by atoms with Gasteiger partial charge in [-0.05, 0) is 63.8 Å². The molecule has 4 aliphatic heterocycles. The first kappa shape index (κ1) is 28.6. The first-order valence-electron chi connectivity index (χ1n) is 14.0. The van der Waals surface area contributed by atoms with Crippen LogP contribution >= 0.6 is 0 Å². The van der Waals surface area contributed by atoms with Gasteiger partial charge in [-0.25, -0.2) is 23.6 Å². The Kier molecular flexibility index (Phi) is 7.50. The Morgan fingerprint density at radius 1 is 1.27 bits per heavy atom. The molecule has 1 aromatic carbocycles. The summed E-state index contributed by atoms with van der Waals surface area (Å²) < 4.78 is 32.5. The van der Waals surface area contributed by atoms with Crippen molar-refractivity contribution in [3.8, 4) is 6.07 Å². The van der Waals surface area contributed by atoms with Crippen molar-refractivity contribution in [1.29, 1.82) is 5.26 Å². The number of hydrazine groups is 1. The van der Waals surface area contributed by atoms with Crippen molar-refractivity contribution in [3.63, 3.8) is 0 Å². The van der Waals surface area contributed by atoms with Gasteiger partial charge in [0, 0.05) is 44.5 Å². The number of nitrogens with zero attached hydrogens (tertiary/aromatic N) is 4. The van der Waals surface area contributed by atoms with Crippen LogP contribution in [0, 0.1) is 17.2 Å². The van der Waals surface area contributed by atoms with Crippen molar-refractivity contribution in [1.82, 2.24) is 25.0 Å². The molecular weight excluding hydrogens is 534 g/mol. The van der Waals surface area contributed by atoms with E-state index < -0.39 is 33.2 Å². The third-order valence-electron chi connectivity index (χ3n) is 8.39. The first-order chi connectivity index (χ1) is 18.9. The number of ether oxygens (including phenoxy) is 1. The summed E-state index contributed by atoms with van der Waals surface area (Å²) >= 11 is 0. The molecule has 4 aliphatic rings. The number of anilines is 1. The van der Waals surface area contributed by atoms with Crippen LogP contribution in [0.15, 0.2) is 23.1 Å². The molecule has 4 heterocycles. The van der Waals surface area contributed by atoms with Gasteiger partial charge in [0.05, 0.1) is 28.8 Å². The van der Waals surface area contributed by atoms with Gasteiger partial charge in [0.15, 0.2) is 0 Å². The summed E-state index contributed by atoms with van der Waals surface area (Å²) in [4.78, 5) is 27.9. The Hall–Kier alpha value is -2.92. The normalized spacial score (nSPS) is 27.8. The van der Waals surface area contributed by atoms with E-state index in [1.807, 2.05) is 33.8 Å². The van der Waals surface area contributed by atoms with Crippen LogP contribution in [0.25, 0.3) is 0 Å². The molecule has 5 rings (SSSR count). The van der Waals surface area contributed by atoms with E-state index in [0.717, 1.165) is 17.7 Å². The number of carbonyl (C=O) groups excluding carboxylic acids is 2. The summed E-state index contributed by atoms with van der Waals surface area (Å²) in [5.41, 5.74) is 3.84. The fourth-order valence-corrected chi connectivity index (χ4v) is 8.04. The monoisotopic (exact) mass is 573 g/mol. The lowest BCUT2D eigenvalue weighted by Crippen LogP contribution is -2.62. The number of nitrogens with one attached hydrogen (secondary N) is 3. The van der Waals surface area contributed by atoms with Gasteiger partial charge in [0.25, 0.3) is 0 Å². The van der Waals surface area contributed by atoms with Crippen molar-refractivity contribution in [2.45, 2.75) is 88.2 Å². The molecule has 40 heavy (non-hydrogen) atoms. The standard InChI is InChI=1S/C27H39N7O5S/c1-5-33-17-18-16-19(6-7-21(18)40(33,37)38)30-23-22-20(8-13-29-24(22)35)34(31-23)27(9-12-28)10-14-32(15-11-27)25(36)39-26(2,3)4/h6-7,16,20,22-23,30-31H,5,8-11,13-15,17H2,1-4H3,(H,29,35). The molecule has 0 bridgehead atoms. The number of hydrogen-bond donors (Lipinski definition) is 3. The van der Waals surface area contributed by atoms with Crippen molar-refractivity contribution in [3.05, 3.63) is 23.8 Å². The zero-order chi connectivity index (χ0) is 28.9. The highest BCUT2D eigenvalue weighted by atomic mass is 32.2. The van der Waals surface area contributed by atoms with E-state index in [4.69, 9.17) is 4.74 Å². The summed E-state index contributed by atoms with van der Waals surface area (Å²) in [5.74, 6) is -0.486.